The molecule has 1 amide bonds. The van der Waals surface area contributed by atoms with Crippen LogP contribution in [0, 0.1) is 0 Å². The van der Waals surface area contributed by atoms with Crippen molar-refractivity contribution in [3.63, 3.8) is 0 Å². The molecule has 1 heterocycles. The standard InChI is InChI=1S/C21H24BrN3O2S/c1-4-24(5-2)13-14-25(20(26)15-9-11-16(22)12-10-15)21-23-19-17(27-3)7-6-8-18(19)28-21/h6-12H,4-5,13-14H2,1-3H3. The maximum atomic E-state index is 13.3. The number of benzene rings is 2. The fraction of sp³-hybridized carbons (Fsp3) is 0.333. The maximum absolute atomic E-state index is 13.3. The zero-order valence-corrected chi connectivity index (χ0v) is 18.7. The molecule has 5 nitrogen and oxygen atoms in total. The molecule has 0 aliphatic rings. The van der Waals surface area contributed by atoms with Crippen LogP contribution in [0.5, 0.6) is 5.75 Å². The molecule has 0 N–H and O–H groups in total. The molecule has 0 aliphatic heterocycles. The number of thiazole rings is 1. The van der Waals surface area contributed by atoms with Crippen molar-refractivity contribution in [2.24, 2.45) is 0 Å². The van der Waals surface area contributed by atoms with Crippen molar-refractivity contribution in [1.29, 1.82) is 0 Å². The predicted molar refractivity (Wildman–Crippen MR) is 120 cm³/mol. The lowest BCUT2D eigenvalue weighted by atomic mass is 10.2. The van der Waals surface area contributed by atoms with E-state index >= 15 is 0 Å². The summed E-state index contributed by atoms with van der Waals surface area (Å²) in [5, 5.41) is 0.694. The van der Waals surface area contributed by atoms with Gasteiger partial charge in [-0.2, -0.15) is 0 Å². The molecule has 0 fully saturated rings. The van der Waals surface area contributed by atoms with E-state index in [2.05, 4.69) is 34.7 Å². The molecule has 0 spiro atoms. The molecule has 148 valence electrons. The number of likely N-dealkylation sites (N-methyl/N-ethyl adjacent to an activating group) is 1. The van der Waals surface area contributed by atoms with E-state index in [4.69, 9.17) is 9.72 Å². The summed E-state index contributed by atoms with van der Waals surface area (Å²) >= 11 is 4.94. The molecule has 2 aromatic carbocycles. The highest BCUT2D eigenvalue weighted by molar-refractivity contribution is 9.10. The van der Waals surface area contributed by atoms with Crippen molar-refractivity contribution >= 4 is 48.5 Å². The first kappa shape index (κ1) is 20.8. The van der Waals surface area contributed by atoms with E-state index in [0.717, 1.165) is 40.1 Å². The number of aromatic nitrogens is 1. The van der Waals surface area contributed by atoms with Crippen LogP contribution in [0.3, 0.4) is 0 Å². The number of hydrogen-bond donors (Lipinski definition) is 0. The summed E-state index contributed by atoms with van der Waals surface area (Å²) in [5.41, 5.74) is 1.44. The highest BCUT2D eigenvalue weighted by atomic mass is 79.9. The second kappa shape index (κ2) is 9.49. The van der Waals surface area contributed by atoms with Gasteiger partial charge < -0.3 is 9.64 Å². The molecule has 0 saturated heterocycles. The third-order valence-electron chi connectivity index (χ3n) is 4.69. The van der Waals surface area contributed by atoms with Gasteiger partial charge in [0.25, 0.3) is 5.91 Å². The number of rotatable bonds is 8. The van der Waals surface area contributed by atoms with Crippen LogP contribution in [0.25, 0.3) is 10.2 Å². The molecule has 7 heteroatoms. The zero-order chi connectivity index (χ0) is 20.1. The van der Waals surface area contributed by atoms with Crippen LogP contribution in [0.4, 0.5) is 5.13 Å². The number of fused-ring (bicyclic) bond motifs is 1. The van der Waals surface area contributed by atoms with Crippen LogP contribution >= 0.6 is 27.3 Å². The summed E-state index contributed by atoms with van der Waals surface area (Å²) in [6.45, 7) is 7.54. The van der Waals surface area contributed by atoms with Gasteiger partial charge in [-0.05, 0) is 49.5 Å². The fourth-order valence-electron chi connectivity index (χ4n) is 3.01. The predicted octanol–water partition coefficient (Wildman–Crippen LogP) is 5.06. The van der Waals surface area contributed by atoms with Gasteiger partial charge in [-0.3, -0.25) is 9.69 Å². The fourth-order valence-corrected chi connectivity index (χ4v) is 4.28. The van der Waals surface area contributed by atoms with Gasteiger partial charge >= 0.3 is 0 Å². The number of halogens is 1. The second-order valence-electron chi connectivity index (χ2n) is 6.29. The van der Waals surface area contributed by atoms with Gasteiger partial charge in [0.1, 0.15) is 11.3 Å². The Morgan fingerprint density at radius 2 is 1.82 bits per heavy atom. The quantitative estimate of drug-likeness (QED) is 0.470. The molecule has 3 aromatic rings. The summed E-state index contributed by atoms with van der Waals surface area (Å²) < 4.78 is 7.39. The van der Waals surface area contributed by atoms with Gasteiger partial charge in [-0.1, -0.05) is 47.2 Å². The average Bonchev–Trinajstić information content (AvgIpc) is 3.15. The lowest BCUT2D eigenvalue weighted by Gasteiger charge is -2.24. The summed E-state index contributed by atoms with van der Waals surface area (Å²) in [4.78, 5) is 22.1. The lowest BCUT2D eigenvalue weighted by Crippen LogP contribution is -2.38. The molecule has 0 radical (unpaired) electrons. The summed E-state index contributed by atoms with van der Waals surface area (Å²) in [7, 11) is 1.64. The van der Waals surface area contributed by atoms with Crippen LogP contribution in [0.2, 0.25) is 0 Å². The number of anilines is 1. The normalized spacial score (nSPS) is 11.2. The van der Waals surface area contributed by atoms with Gasteiger partial charge in [0.2, 0.25) is 0 Å². The maximum Gasteiger partial charge on any atom is 0.260 e. The smallest absolute Gasteiger partial charge is 0.260 e. The molecule has 0 unspecified atom stereocenters. The molecule has 0 atom stereocenters. The van der Waals surface area contributed by atoms with Gasteiger partial charge in [-0.15, -0.1) is 0 Å². The topological polar surface area (TPSA) is 45.7 Å². The Labute approximate surface area is 178 Å². The highest BCUT2D eigenvalue weighted by Gasteiger charge is 2.22. The van der Waals surface area contributed by atoms with Crippen molar-refractivity contribution < 1.29 is 9.53 Å². The van der Waals surface area contributed by atoms with Gasteiger partial charge in [-0.25, -0.2) is 4.98 Å². The number of amides is 1. The zero-order valence-electron chi connectivity index (χ0n) is 16.3. The minimum Gasteiger partial charge on any atom is -0.494 e. The minimum absolute atomic E-state index is 0.0438. The number of ether oxygens (including phenoxy) is 1. The van der Waals surface area contributed by atoms with E-state index in [0.29, 0.717) is 17.2 Å². The van der Waals surface area contributed by atoms with Crippen LogP contribution in [0.15, 0.2) is 46.9 Å². The Morgan fingerprint density at radius 1 is 1.11 bits per heavy atom. The van der Waals surface area contributed by atoms with E-state index in [1.165, 1.54) is 11.3 Å². The lowest BCUT2D eigenvalue weighted by molar-refractivity contribution is 0.0983. The number of para-hydroxylation sites is 1. The van der Waals surface area contributed by atoms with E-state index < -0.39 is 0 Å². The highest BCUT2D eigenvalue weighted by Crippen LogP contribution is 2.34. The number of nitrogens with zero attached hydrogens (tertiary/aromatic N) is 3. The first-order valence-electron chi connectivity index (χ1n) is 9.30. The first-order chi connectivity index (χ1) is 13.6. The Morgan fingerprint density at radius 3 is 2.46 bits per heavy atom. The van der Waals surface area contributed by atoms with E-state index in [9.17, 15) is 4.79 Å². The molecule has 0 aliphatic carbocycles. The van der Waals surface area contributed by atoms with Crippen LogP contribution in [0.1, 0.15) is 24.2 Å². The molecule has 0 bridgehead atoms. The Balaban J connectivity index is 1.97. The van der Waals surface area contributed by atoms with Crippen LogP contribution in [-0.2, 0) is 0 Å². The third kappa shape index (κ3) is 4.54. The van der Waals surface area contributed by atoms with Crippen molar-refractivity contribution in [3.05, 3.63) is 52.5 Å². The SMILES string of the molecule is CCN(CC)CCN(C(=O)c1ccc(Br)cc1)c1nc2c(OC)cccc2s1. The summed E-state index contributed by atoms with van der Waals surface area (Å²) in [5.74, 6) is 0.678. The largest absolute Gasteiger partial charge is 0.494 e. The van der Waals surface area contributed by atoms with Gasteiger partial charge in [0.05, 0.1) is 11.8 Å². The first-order valence-corrected chi connectivity index (χ1v) is 10.9. The van der Waals surface area contributed by atoms with Crippen LogP contribution < -0.4 is 9.64 Å². The molecule has 0 saturated carbocycles. The molecule has 3 rings (SSSR count). The van der Waals surface area contributed by atoms with Crippen molar-refractivity contribution in [1.82, 2.24) is 9.88 Å². The monoisotopic (exact) mass is 461 g/mol. The molecular weight excluding hydrogens is 438 g/mol. The Bertz CT molecular complexity index is 938. The Kier molecular flexibility index (Phi) is 7.04. The average molecular weight is 462 g/mol. The molecule has 1 aromatic heterocycles. The Hall–Kier alpha value is -1.96. The summed E-state index contributed by atoms with van der Waals surface area (Å²) in [6.07, 6.45) is 0. The van der Waals surface area contributed by atoms with E-state index in [-0.39, 0.29) is 5.91 Å². The number of carbonyl (C=O) groups excluding carboxylic acids is 1. The van der Waals surface area contributed by atoms with Crippen molar-refractivity contribution in [2.75, 3.05) is 38.2 Å². The second-order valence-corrected chi connectivity index (χ2v) is 8.22. The van der Waals surface area contributed by atoms with Crippen LogP contribution in [-0.4, -0.2) is 49.1 Å². The number of hydrogen-bond acceptors (Lipinski definition) is 5. The minimum atomic E-state index is -0.0438. The molecular formula is C21H24BrN3O2S. The van der Waals surface area contributed by atoms with E-state index in [1.807, 2.05) is 42.5 Å². The summed E-state index contributed by atoms with van der Waals surface area (Å²) in [6, 6.07) is 13.3. The van der Waals surface area contributed by atoms with Gasteiger partial charge in [0.15, 0.2) is 5.13 Å². The number of methoxy groups -OCH3 is 1. The molecule has 28 heavy (non-hydrogen) atoms. The van der Waals surface area contributed by atoms with Crippen molar-refractivity contribution in [3.8, 4) is 5.75 Å². The van der Waals surface area contributed by atoms with E-state index in [1.54, 1.807) is 12.0 Å². The van der Waals surface area contributed by atoms with Crippen molar-refractivity contribution in [2.45, 2.75) is 13.8 Å². The number of carbonyl (C=O) groups is 1. The van der Waals surface area contributed by atoms with Gasteiger partial charge in [0, 0.05) is 23.1 Å². The third-order valence-corrected chi connectivity index (χ3v) is 6.26.